The number of hydrazone groups is 1. The molecule has 2 N–H and O–H groups in total. The molecule has 6 nitrogen and oxygen atoms in total. The van der Waals surface area contributed by atoms with Crippen molar-refractivity contribution in [2.24, 2.45) is 5.10 Å². The van der Waals surface area contributed by atoms with Crippen LogP contribution in [0.1, 0.15) is 12.5 Å². The molecule has 2 aromatic carbocycles. The minimum Gasteiger partial charge on any atom is -0.504 e. The highest BCUT2D eigenvalue weighted by Gasteiger charge is 2.09. The van der Waals surface area contributed by atoms with Crippen molar-refractivity contribution in [2.45, 2.75) is 6.92 Å². The van der Waals surface area contributed by atoms with Gasteiger partial charge in [-0.2, -0.15) is 5.10 Å². The zero-order valence-corrected chi connectivity index (χ0v) is 16.2. The first kappa shape index (κ1) is 19.3. The van der Waals surface area contributed by atoms with Crippen LogP contribution in [0.5, 0.6) is 17.2 Å². The molecule has 0 saturated carbocycles. The number of rotatable bonds is 7. The lowest BCUT2D eigenvalue weighted by Gasteiger charge is -2.09. The minimum atomic E-state index is -0.452. The van der Waals surface area contributed by atoms with Crippen LogP contribution in [-0.4, -0.2) is 30.4 Å². The number of benzene rings is 2. The van der Waals surface area contributed by atoms with Gasteiger partial charge < -0.3 is 14.6 Å². The Morgan fingerprint density at radius 2 is 2.08 bits per heavy atom. The number of phenolic OH excluding ortho intramolecular Hbond substituents is 1. The Hall–Kier alpha value is -2.00. The predicted molar refractivity (Wildman–Crippen MR) is 105 cm³/mol. The molecule has 0 aliphatic rings. The maximum atomic E-state index is 11.8. The predicted octanol–water partition coefficient (Wildman–Crippen LogP) is 3.58. The number of amides is 1. The summed E-state index contributed by atoms with van der Waals surface area (Å²) in [5, 5.41) is 14.4. The Morgan fingerprint density at radius 3 is 2.80 bits per heavy atom. The average Bonchev–Trinajstić information content (AvgIpc) is 2.58. The van der Waals surface area contributed by atoms with Gasteiger partial charge in [0.2, 0.25) is 0 Å². The van der Waals surface area contributed by atoms with Crippen molar-refractivity contribution in [3.8, 4) is 17.2 Å². The number of hydrogen-bond acceptors (Lipinski definition) is 5. The first-order valence-electron chi connectivity index (χ1n) is 7.35. The quantitative estimate of drug-likeness (QED) is 0.365. The Bertz CT molecular complexity index is 783. The lowest BCUT2D eigenvalue weighted by molar-refractivity contribution is -0.123. The molecule has 0 bridgehead atoms. The molecule has 25 heavy (non-hydrogen) atoms. The highest BCUT2D eigenvalue weighted by molar-refractivity contribution is 14.1. The summed E-state index contributed by atoms with van der Waals surface area (Å²) in [6.07, 6.45) is 1.34. The molecule has 8 heteroatoms. The van der Waals surface area contributed by atoms with Gasteiger partial charge in [0.25, 0.3) is 5.91 Å². The van der Waals surface area contributed by atoms with Crippen molar-refractivity contribution in [2.75, 3.05) is 13.2 Å². The van der Waals surface area contributed by atoms with E-state index in [2.05, 4.69) is 33.1 Å². The number of phenols is 1. The third kappa shape index (κ3) is 5.79. The van der Waals surface area contributed by atoms with E-state index in [1.807, 2.05) is 6.92 Å². The fourth-order valence-electron chi connectivity index (χ4n) is 1.87. The summed E-state index contributed by atoms with van der Waals surface area (Å²) < 4.78 is 11.5. The summed E-state index contributed by atoms with van der Waals surface area (Å²) in [6.45, 7) is 2.02. The number of hydrogen-bond donors (Lipinski definition) is 2. The Balaban J connectivity index is 1.94. The highest BCUT2D eigenvalue weighted by Crippen LogP contribution is 2.31. The number of halogens is 2. The first-order chi connectivity index (χ1) is 12.0. The molecule has 0 aliphatic heterocycles. The molecule has 0 unspecified atom stereocenters. The molecule has 2 aromatic rings. The van der Waals surface area contributed by atoms with Gasteiger partial charge in [-0.25, -0.2) is 5.43 Å². The third-order valence-electron chi connectivity index (χ3n) is 2.96. The van der Waals surface area contributed by atoms with Gasteiger partial charge in [0, 0.05) is 9.13 Å². The number of carbonyl (C=O) groups excluding carboxylic acids is 1. The smallest absolute Gasteiger partial charge is 0.277 e. The molecule has 0 saturated heterocycles. The van der Waals surface area contributed by atoms with E-state index in [1.54, 1.807) is 36.4 Å². The topological polar surface area (TPSA) is 80.2 Å². The zero-order valence-electron chi connectivity index (χ0n) is 13.3. The van der Waals surface area contributed by atoms with E-state index in [0.717, 1.165) is 3.57 Å². The molecule has 0 radical (unpaired) electrons. The number of nitrogens with zero attached hydrogens (tertiary/aromatic N) is 1. The largest absolute Gasteiger partial charge is 0.504 e. The van der Waals surface area contributed by atoms with Crippen LogP contribution >= 0.6 is 34.2 Å². The molecule has 0 aliphatic carbocycles. The summed E-state index contributed by atoms with van der Waals surface area (Å²) in [6, 6.07) is 10.3. The summed E-state index contributed by atoms with van der Waals surface area (Å²) in [5.41, 5.74) is 2.76. The van der Waals surface area contributed by atoms with Gasteiger partial charge >= 0.3 is 0 Å². The van der Waals surface area contributed by atoms with Crippen LogP contribution in [0.4, 0.5) is 0 Å². The summed E-state index contributed by atoms with van der Waals surface area (Å²) >= 11 is 8.04. The number of ether oxygens (including phenoxy) is 2. The SMILES string of the molecule is CCOc1cc(I)cc(C=NNC(=O)COc2ccccc2Cl)c1O. The average molecular weight is 475 g/mol. The number of para-hydroxylation sites is 1. The Morgan fingerprint density at radius 1 is 1.32 bits per heavy atom. The van der Waals surface area contributed by atoms with Crippen LogP contribution < -0.4 is 14.9 Å². The third-order valence-corrected chi connectivity index (χ3v) is 3.89. The van der Waals surface area contributed by atoms with E-state index in [4.69, 9.17) is 21.1 Å². The van der Waals surface area contributed by atoms with Crippen molar-refractivity contribution < 1.29 is 19.4 Å². The Kier molecular flexibility index (Phi) is 7.32. The minimum absolute atomic E-state index is 0.0346. The second kappa shape index (κ2) is 9.47. The van der Waals surface area contributed by atoms with Crippen LogP contribution in [0.25, 0.3) is 0 Å². The molecule has 0 aromatic heterocycles. The van der Waals surface area contributed by atoms with E-state index in [1.165, 1.54) is 6.21 Å². The van der Waals surface area contributed by atoms with E-state index >= 15 is 0 Å². The first-order valence-corrected chi connectivity index (χ1v) is 8.81. The highest BCUT2D eigenvalue weighted by atomic mass is 127. The molecule has 132 valence electrons. The van der Waals surface area contributed by atoms with Crippen molar-refractivity contribution in [1.82, 2.24) is 5.43 Å². The molecular formula is C17H16ClIN2O4. The van der Waals surface area contributed by atoms with Gasteiger partial charge in [-0.3, -0.25) is 4.79 Å². The molecule has 0 spiro atoms. The van der Waals surface area contributed by atoms with Gasteiger partial charge in [-0.05, 0) is 53.8 Å². The van der Waals surface area contributed by atoms with Gasteiger partial charge in [-0.15, -0.1) is 0 Å². The molecule has 0 fully saturated rings. The molecular weight excluding hydrogens is 459 g/mol. The normalized spacial score (nSPS) is 10.7. The van der Waals surface area contributed by atoms with Gasteiger partial charge in [0.1, 0.15) is 5.75 Å². The lowest BCUT2D eigenvalue weighted by atomic mass is 10.2. The maximum absolute atomic E-state index is 11.8. The van der Waals surface area contributed by atoms with E-state index in [-0.39, 0.29) is 12.4 Å². The second-order valence-corrected chi connectivity index (χ2v) is 6.44. The van der Waals surface area contributed by atoms with Crippen LogP contribution in [0.15, 0.2) is 41.5 Å². The molecule has 0 atom stereocenters. The van der Waals surface area contributed by atoms with Crippen LogP contribution in [0, 0.1) is 3.57 Å². The van der Waals surface area contributed by atoms with E-state index in [0.29, 0.717) is 28.7 Å². The number of carbonyl (C=O) groups is 1. The van der Waals surface area contributed by atoms with Crippen molar-refractivity contribution in [3.63, 3.8) is 0 Å². The van der Waals surface area contributed by atoms with Crippen LogP contribution in [-0.2, 0) is 4.79 Å². The summed E-state index contributed by atoms with van der Waals surface area (Å²) in [4.78, 5) is 11.8. The molecule has 2 rings (SSSR count). The van der Waals surface area contributed by atoms with E-state index in [9.17, 15) is 9.90 Å². The summed E-state index contributed by atoms with van der Waals surface area (Å²) in [7, 11) is 0. The van der Waals surface area contributed by atoms with E-state index < -0.39 is 5.91 Å². The van der Waals surface area contributed by atoms with Gasteiger partial charge in [0.15, 0.2) is 18.1 Å². The summed E-state index contributed by atoms with van der Waals surface area (Å²) in [5.74, 6) is 0.294. The number of nitrogens with one attached hydrogen (secondary N) is 1. The molecule has 1 amide bonds. The zero-order chi connectivity index (χ0) is 18.2. The Labute approximate surface area is 163 Å². The van der Waals surface area contributed by atoms with Crippen LogP contribution in [0.3, 0.4) is 0 Å². The molecule has 0 heterocycles. The van der Waals surface area contributed by atoms with Crippen molar-refractivity contribution >= 4 is 46.3 Å². The maximum Gasteiger partial charge on any atom is 0.277 e. The second-order valence-electron chi connectivity index (χ2n) is 4.79. The standard InChI is InChI=1S/C17H16ClIN2O4/c1-2-24-15-8-12(19)7-11(17(15)23)9-20-21-16(22)10-25-14-6-4-3-5-13(14)18/h3-9,23H,2,10H2,1H3,(H,21,22). The fraction of sp³-hybridized carbons (Fsp3) is 0.176. The van der Waals surface area contributed by atoms with Crippen LogP contribution in [0.2, 0.25) is 5.02 Å². The van der Waals surface area contributed by atoms with Gasteiger partial charge in [-0.1, -0.05) is 23.7 Å². The number of aromatic hydroxyl groups is 1. The fourth-order valence-corrected chi connectivity index (χ4v) is 2.68. The van der Waals surface area contributed by atoms with Crippen molar-refractivity contribution in [3.05, 3.63) is 50.6 Å². The monoisotopic (exact) mass is 474 g/mol. The van der Waals surface area contributed by atoms with Crippen molar-refractivity contribution in [1.29, 1.82) is 0 Å². The lowest BCUT2D eigenvalue weighted by Crippen LogP contribution is -2.24. The van der Waals surface area contributed by atoms with Gasteiger partial charge in [0.05, 0.1) is 17.8 Å².